The highest BCUT2D eigenvalue weighted by molar-refractivity contribution is 5.14. The van der Waals surface area contributed by atoms with E-state index in [1.165, 1.54) is 0 Å². The molecule has 0 aliphatic carbocycles. The predicted molar refractivity (Wildman–Crippen MR) is 46.7 cm³/mol. The van der Waals surface area contributed by atoms with E-state index in [9.17, 15) is 0 Å². The molecule has 1 N–H and O–H groups in total. The molecule has 0 spiro atoms. The first kappa shape index (κ1) is 9.13. The van der Waals surface area contributed by atoms with Gasteiger partial charge in [-0.05, 0) is 18.9 Å². The summed E-state index contributed by atoms with van der Waals surface area (Å²) in [7, 11) is 0. The number of nitrogens with zero attached hydrogens (tertiary/aromatic N) is 2. The van der Waals surface area contributed by atoms with Crippen molar-refractivity contribution in [2.24, 2.45) is 0 Å². The van der Waals surface area contributed by atoms with E-state index in [1.807, 2.05) is 6.92 Å². The lowest BCUT2D eigenvalue weighted by Crippen LogP contribution is -2.01. The third-order valence-electron chi connectivity index (χ3n) is 1.75. The zero-order chi connectivity index (χ0) is 8.97. The van der Waals surface area contributed by atoms with Crippen LogP contribution >= 0.6 is 0 Å². The Bertz CT molecular complexity index is 261. The first-order valence-corrected chi connectivity index (χ1v) is 4.20. The quantitative estimate of drug-likeness (QED) is 0.734. The number of aliphatic hydroxyl groups is 1. The Morgan fingerprint density at radius 2 is 2.25 bits per heavy atom. The van der Waals surface area contributed by atoms with Crippen molar-refractivity contribution in [3.8, 4) is 0 Å². The van der Waals surface area contributed by atoms with Crippen LogP contribution in [0.25, 0.3) is 0 Å². The average molecular weight is 166 g/mol. The van der Waals surface area contributed by atoms with Gasteiger partial charge in [0, 0.05) is 12.6 Å². The molecular weight excluding hydrogens is 152 g/mol. The number of aliphatic hydroxyl groups excluding tert-OH is 1. The fourth-order valence-corrected chi connectivity index (χ4v) is 1.02. The number of aromatic nitrogens is 2. The predicted octanol–water partition coefficient (Wildman–Crippen LogP) is 1.23. The van der Waals surface area contributed by atoms with Crippen LogP contribution in [0.1, 0.15) is 30.4 Å². The van der Waals surface area contributed by atoms with Crippen LogP contribution in [0.4, 0.5) is 0 Å². The Kier molecular flexibility index (Phi) is 3.17. The maximum absolute atomic E-state index is 8.92. The maximum atomic E-state index is 8.92. The molecule has 1 aromatic heterocycles. The molecule has 0 amide bonds. The maximum Gasteiger partial charge on any atom is 0.128 e. The molecule has 0 unspecified atom stereocenters. The van der Waals surface area contributed by atoms with Crippen LogP contribution in [-0.4, -0.2) is 15.1 Å². The van der Waals surface area contributed by atoms with Crippen molar-refractivity contribution in [1.29, 1.82) is 0 Å². The fraction of sp³-hybridized carbons (Fsp3) is 0.556. The Hall–Kier alpha value is -0.960. The molecule has 0 saturated carbocycles. The molecule has 3 nitrogen and oxygen atoms in total. The summed E-state index contributed by atoms with van der Waals surface area (Å²) >= 11 is 0. The molecule has 0 radical (unpaired) electrons. The van der Waals surface area contributed by atoms with Gasteiger partial charge in [0.2, 0.25) is 0 Å². The topological polar surface area (TPSA) is 46.0 Å². The number of rotatable bonds is 3. The zero-order valence-electron chi connectivity index (χ0n) is 7.54. The van der Waals surface area contributed by atoms with Gasteiger partial charge in [-0.15, -0.1) is 0 Å². The second kappa shape index (κ2) is 4.16. The Labute approximate surface area is 72.5 Å². The summed E-state index contributed by atoms with van der Waals surface area (Å²) in [4.78, 5) is 8.37. The third kappa shape index (κ3) is 2.01. The normalized spacial score (nSPS) is 10.2. The van der Waals surface area contributed by atoms with Crippen molar-refractivity contribution in [2.45, 2.75) is 33.3 Å². The second-order valence-corrected chi connectivity index (χ2v) is 2.82. The van der Waals surface area contributed by atoms with Gasteiger partial charge >= 0.3 is 0 Å². The summed E-state index contributed by atoms with van der Waals surface area (Å²) in [5, 5.41) is 8.92. The molecule has 0 aromatic carbocycles. The van der Waals surface area contributed by atoms with E-state index in [4.69, 9.17) is 5.11 Å². The van der Waals surface area contributed by atoms with E-state index in [0.29, 0.717) is 0 Å². The third-order valence-corrected chi connectivity index (χ3v) is 1.75. The van der Waals surface area contributed by atoms with Gasteiger partial charge < -0.3 is 5.11 Å². The molecular formula is C9H14N2O. The van der Waals surface area contributed by atoms with Gasteiger partial charge in [0.25, 0.3) is 0 Å². The van der Waals surface area contributed by atoms with Crippen LogP contribution in [0.2, 0.25) is 0 Å². The van der Waals surface area contributed by atoms with E-state index in [2.05, 4.69) is 16.9 Å². The minimum absolute atomic E-state index is 0.00503. The van der Waals surface area contributed by atoms with Gasteiger partial charge in [-0.1, -0.05) is 6.92 Å². The Balaban J connectivity index is 2.89. The lowest BCUT2D eigenvalue weighted by molar-refractivity contribution is 0.275. The minimum Gasteiger partial charge on any atom is -0.390 e. The minimum atomic E-state index is 0.00503. The Morgan fingerprint density at radius 3 is 2.83 bits per heavy atom. The molecule has 0 aliphatic rings. The summed E-state index contributed by atoms with van der Waals surface area (Å²) in [6, 6.07) is 0. The average Bonchev–Trinajstić information content (AvgIpc) is 2.09. The van der Waals surface area contributed by atoms with Crippen molar-refractivity contribution in [1.82, 2.24) is 9.97 Å². The van der Waals surface area contributed by atoms with E-state index in [-0.39, 0.29) is 6.61 Å². The largest absolute Gasteiger partial charge is 0.390 e. The highest BCUT2D eigenvalue weighted by Crippen LogP contribution is 2.04. The molecule has 0 fully saturated rings. The van der Waals surface area contributed by atoms with Crippen molar-refractivity contribution in [3.63, 3.8) is 0 Å². The summed E-state index contributed by atoms with van der Waals surface area (Å²) in [6.45, 7) is 3.99. The molecule has 0 atom stereocenters. The van der Waals surface area contributed by atoms with Crippen LogP contribution in [-0.2, 0) is 13.0 Å². The smallest absolute Gasteiger partial charge is 0.128 e. The molecule has 0 bridgehead atoms. The standard InChI is InChI=1S/C9H14N2O/c1-3-4-9-10-5-7(2)8(6-12)11-9/h5,12H,3-4,6H2,1-2H3. The number of hydrogen-bond donors (Lipinski definition) is 1. The Morgan fingerprint density at radius 1 is 1.50 bits per heavy atom. The number of hydrogen-bond acceptors (Lipinski definition) is 3. The van der Waals surface area contributed by atoms with Gasteiger partial charge in [0.15, 0.2) is 0 Å². The van der Waals surface area contributed by atoms with Crippen LogP contribution in [0.3, 0.4) is 0 Å². The first-order chi connectivity index (χ1) is 5.77. The molecule has 12 heavy (non-hydrogen) atoms. The molecule has 1 aromatic rings. The van der Waals surface area contributed by atoms with Gasteiger partial charge in [-0.3, -0.25) is 0 Å². The van der Waals surface area contributed by atoms with Gasteiger partial charge in [-0.2, -0.15) is 0 Å². The summed E-state index contributed by atoms with van der Waals surface area (Å²) in [5.74, 6) is 0.826. The number of aryl methyl sites for hydroxylation is 2. The van der Waals surface area contributed by atoms with Crippen molar-refractivity contribution in [2.75, 3.05) is 0 Å². The van der Waals surface area contributed by atoms with E-state index in [1.54, 1.807) is 6.20 Å². The van der Waals surface area contributed by atoms with Crippen LogP contribution in [0.5, 0.6) is 0 Å². The summed E-state index contributed by atoms with van der Waals surface area (Å²) < 4.78 is 0. The van der Waals surface area contributed by atoms with E-state index in [0.717, 1.165) is 29.9 Å². The highest BCUT2D eigenvalue weighted by Gasteiger charge is 2.00. The van der Waals surface area contributed by atoms with Crippen LogP contribution in [0, 0.1) is 6.92 Å². The first-order valence-electron chi connectivity index (χ1n) is 4.20. The molecule has 66 valence electrons. The zero-order valence-corrected chi connectivity index (χ0v) is 7.54. The van der Waals surface area contributed by atoms with Crippen molar-refractivity contribution in [3.05, 3.63) is 23.3 Å². The second-order valence-electron chi connectivity index (χ2n) is 2.82. The SMILES string of the molecule is CCCc1ncc(C)c(CO)n1. The summed E-state index contributed by atoms with van der Waals surface area (Å²) in [5.41, 5.74) is 1.70. The molecule has 0 saturated heterocycles. The molecule has 1 rings (SSSR count). The van der Waals surface area contributed by atoms with E-state index >= 15 is 0 Å². The fourth-order valence-electron chi connectivity index (χ4n) is 1.02. The van der Waals surface area contributed by atoms with Gasteiger partial charge in [0.05, 0.1) is 12.3 Å². The summed E-state index contributed by atoms with van der Waals surface area (Å²) in [6.07, 6.45) is 3.69. The van der Waals surface area contributed by atoms with Crippen LogP contribution < -0.4 is 0 Å². The van der Waals surface area contributed by atoms with Crippen LogP contribution in [0.15, 0.2) is 6.20 Å². The van der Waals surface area contributed by atoms with E-state index < -0.39 is 0 Å². The van der Waals surface area contributed by atoms with Gasteiger partial charge in [0.1, 0.15) is 5.82 Å². The molecule has 3 heteroatoms. The van der Waals surface area contributed by atoms with Crippen molar-refractivity contribution < 1.29 is 5.11 Å². The lowest BCUT2D eigenvalue weighted by atomic mass is 10.2. The van der Waals surface area contributed by atoms with Gasteiger partial charge in [-0.25, -0.2) is 9.97 Å². The van der Waals surface area contributed by atoms with Crippen molar-refractivity contribution >= 4 is 0 Å². The molecule has 1 heterocycles. The lowest BCUT2D eigenvalue weighted by Gasteiger charge is -2.02. The molecule has 0 aliphatic heterocycles. The monoisotopic (exact) mass is 166 g/mol. The highest BCUT2D eigenvalue weighted by atomic mass is 16.3.